The molecule has 0 radical (unpaired) electrons. The van der Waals surface area contributed by atoms with Crippen LogP contribution in [0.1, 0.15) is 37.7 Å². The smallest absolute Gasteiger partial charge is 0.168 e. The van der Waals surface area contributed by atoms with Crippen molar-refractivity contribution in [1.29, 1.82) is 0 Å². The molecule has 18 heavy (non-hydrogen) atoms. The van der Waals surface area contributed by atoms with Crippen LogP contribution < -0.4 is 0 Å². The highest BCUT2D eigenvalue weighted by Gasteiger charge is 2.36. The van der Waals surface area contributed by atoms with Crippen LogP contribution in [0.4, 0.5) is 4.39 Å². The lowest BCUT2D eigenvalue weighted by atomic mass is 9.80. The number of carbonyl (C=O) groups is 1. The summed E-state index contributed by atoms with van der Waals surface area (Å²) in [7, 11) is 0. The molecule has 1 saturated carbocycles. The molecule has 1 N–H and O–H groups in total. The summed E-state index contributed by atoms with van der Waals surface area (Å²) in [5.74, 6) is -0.686. The van der Waals surface area contributed by atoms with E-state index in [-0.39, 0.29) is 17.2 Å². The molecule has 0 atom stereocenters. The summed E-state index contributed by atoms with van der Waals surface area (Å²) >= 11 is 5.67. The van der Waals surface area contributed by atoms with E-state index in [1.807, 2.05) is 0 Å². The normalized spacial score (nSPS) is 18.6. The molecule has 0 aromatic heterocycles. The molecule has 2 rings (SSSR count). The maximum Gasteiger partial charge on any atom is 0.168 e. The lowest BCUT2D eigenvalue weighted by molar-refractivity contribution is -0.139. The number of Topliss-reactive ketones (excluding diaryl/α,β-unsaturated/α-hetero) is 1. The first-order valence-corrected chi connectivity index (χ1v) is 6.59. The first-order valence-electron chi connectivity index (χ1n) is 6.21. The molecule has 2 nitrogen and oxygen atoms in total. The van der Waals surface area contributed by atoms with Crippen molar-refractivity contribution in [2.24, 2.45) is 0 Å². The number of benzene rings is 1. The molecule has 98 valence electrons. The van der Waals surface area contributed by atoms with Gasteiger partial charge >= 0.3 is 0 Å². The Bertz CT molecular complexity index is 453. The summed E-state index contributed by atoms with van der Waals surface area (Å²) in [5, 5.41) is 10.3. The molecule has 0 bridgehead atoms. The third-order valence-corrected chi connectivity index (χ3v) is 3.84. The minimum Gasteiger partial charge on any atom is -0.382 e. The lowest BCUT2D eigenvalue weighted by Gasteiger charge is -2.30. The summed E-state index contributed by atoms with van der Waals surface area (Å²) in [6, 6.07) is 4.22. The summed E-state index contributed by atoms with van der Waals surface area (Å²) in [6.45, 7) is 0. The van der Waals surface area contributed by atoms with Crippen LogP contribution in [0.3, 0.4) is 0 Å². The minimum atomic E-state index is -1.20. The Labute approximate surface area is 111 Å². The van der Waals surface area contributed by atoms with Crippen LogP contribution in [-0.2, 0) is 11.2 Å². The zero-order valence-electron chi connectivity index (χ0n) is 10.1. The molecule has 1 aliphatic rings. The van der Waals surface area contributed by atoms with Gasteiger partial charge in [-0.25, -0.2) is 4.39 Å². The molecule has 1 aliphatic carbocycles. The van der Waals surface area contributed by atoms with E-state index in [0.29, 0.717) is 18.4 Å². The van der Waals surface area contributed by atoms with Crippen LogP contribution in [0.5, 0.6) is 0 Å². The highest BCUT2D eigenvalue weighted by molar-refractivity contribution is 6.30. The van der Waals surface area contributed by atoms with Gasteiger partial charge in [-0.1, -0.05) is 36.9 Å². The first-order chi connectivity index (χ1) is 8.51. The second-order valence-corrected chi connectivity index (χ2v) is 5.35. The van der Waals surface area contributed by atoms with Crippen molar-refractivity contribution in [2.45, 2.75) is 44.1 Å². The molecule has 0 unspecified atom stereocenters. The molecule has 1 aromatic rings. The molecule has 1 fully saturated rings. The SMILES string of the molecule is O=C(Cc1ccc(F)c(Cl)c1)C1(O)CCCCC1. The average Bonchev–Trinajstić information content (AvgIpc) is 2.35. The van der Waals surface area contributed by atoms with Crippen molar-refractivity contribution < 1.29 is 14.3 Å². The summed E-state index contributed by atoms with van der Waals surface area (Å²) < 4.78 is 13.0. The van der Waals surface area contributed by atoms with Gasteiger partial charge in [0, 0.05) is 6.42 Å². The molecule has 4 heteroatoms. The van der Waals surface area contributed by atoms with E-state index >= 15 is 0 Å². The van der Waals surface area contributed by atoms with E-state index in [9.17, 15) is 14.3 Å². The second-order valence-electron chi connectivity index (χ2n) is 4.94. The Kier molecular flexibility index (Phi) is 4.03. The van der Waals surface area contributed by atoms with Gasteiger partial charge in [-0.15, -0.1) is 0 Å². The molecule has 0 aliphatic heterocycles. The lowest BCUT2D eigenvalue weighted by Crippen LogP contribution is -2.41. The standard InChI is InChI=1S/C14H16ClFO2/c15-11-8-10(4-5-12(11)16)9-13(17)14(18)6-2-1-3-7-14/h4-5,8,18H,1-3,6-7,9H2. The van der Waals surface area contributed by atoms with Crippen molar-refractivity contribution in [2.75, 3.05) is 0 Å². The maximum absolute atomic E-state index is 13.0. The molecule has 0 heterocycles. The molecular weight excluding hydrogens is 255 g/mol. The van der Waals surface area contributed by atoms with Crippen LogP contribution in [-0.4, -0.2) is 16.5 Å². The van der Waals surface area contributed by atoms with Crippen LogP contribution in [0.25, 0.3) is 0 Å². The topological polar surface area (TPSA) is 37.3 Å². The van der Waals surface area contributed by atoms with E-state index in [4.69, 9.17) is 11.6 Å². The Morgan fingerprint density at radius 1 is 1.33 bits per heavy atom. The largest absolute Gasteiger partial charge is 0.382 e. The maximum atomic E-state index is 13.0. The van der Waals surface area contributed by atoms with Gasteiger partial charge < -0.3 is 5.11 Å². The zero-order valence-corrected chi connectivity index (χ0v) is 10.8. The molecule has 0 spiro atoms. The number of halogens is 2. The first kappa shape index (κ1) is 13.5. The van der Waals surface area contributed by atoms with Crippen LogP contribution in [0, 0.1) is 5.82 Å². The quantitative estimate of drug-likeness (QED) is 0.915. The van der Waals surface area contributed by atoms with Crippen molar-refractivity contribution in [3.8, 4) is 0 Å². The van der Waals surface area contributed by atoms with E-state index in [2.05, 4.69) is 0 Å². The van der Waals surface area contributed by atoms with Gasteiger partial charge in [-0.05, 0) is 30.5 Å². The van der Waals surface area contributed by atoms with E-state index in [1.165, 1.54) is 18.2 Å². The summed E-state index contributed by atoms with van der Waals surface area (Å²) in [5.41, 5.74) is -0.551. The fourth-order valence-electron chi connectivity index (χ4n) is 2.42. The number of hydrogen-bond donors (Lipinski definition) is 1. The van der Waals surface area contributed by atoms with Crippen LogP contribution in [0.2, 0.25) is 5.02 Å². The molecule has 1 aromatic carbocycles. The van der Waals surface area contributed by atoms with Crippen molar-refractivity contribution >= 4 is 17.4 Å². The van der Waals surface area contributed by atoms with Gasteiger partial charge in [0.1, 0.15) is 11.4 Å². The fourth-order valence-corrected chi connectivity index (χ4v) is 2.62. The molecule has 0 saturated heterocycles. The van der Waals surface area contributed by atoms with Crippen molar-refractivity contribution in [1.82, 2.24) is 0 Å². The van der Waals surface area contributed by atoms with E-state index in [1.54, 1.807) is 0 Å². The Morgan fingerprint density at radius 2 is 2.00 bits per heavy atom. The number of hydrogen-bond acceptors (Lipinski definition) is 2. The predicted molar refractivity (Wildman–Crippen MR) is 68.2 cm³/mol. The van der Waals surface area contributed by atoms with Gasteiger partial charge in [0.05, 0.1) is 5.02 Å². The summed E-state index contributed by atoms with van der Waals surface area (Å²) in [6.07, 6.45) is 3.99. The average molecular weight is 271 g/mol. The zero-order chi connectivity index (χ0) is 13.2. The monoisotopic (exact) mass is 270 g/mol. The Hall–Kier alpha value is -0.930. The highest BCUT2D eigenvalue weighted by Crippen LogP contribution is 2.30. The molecule has 0 amide bonds. The Morgan fingerprint density at radius 3 is 2.61 bits per heavy atom. The van der Waals surface area contributed by atoms with Crippen LogP contribution in [0.15, 0.2) is 18.2 Å². The van der Waals surface area contributed by atoms with Gasteiger partial charge in [-0.2, -0.15) is 0 Å². The van der Waals surface area contributed by atoms with Gasteiger partial charge in [0.25, 0.3) is 0 Å². The van der Waals surface area contributed by atoms with Gasteiger partial charge in [0.2, 0.25) is 0 Å². The van der Waals surface area contributed by atoms with Crippen molar-refractivity contribution in [3.63, 3.8) is 0 Å². The van der Waals surface area contributed by atoms with Crippen LogP contribution >= 0.6 is 11.6 Å². The number of ketones is 1. The fraction of sp³-hybridized carbons (Fsp3) is 0.500. The number of aliphatic hydroxyl groups is 1. The number of rotatable bonds is 3. The highest BCUT2D eigenvalue weighted by atomic mass is 35.5. The summed E-state index contributed by atoms with van der Waals surface area (Å²) in [4.78, 5) is 12.1. The van der Waals surface area contributed by atoms with Crippen molar-refractivity contribution in [3.05, 3.63) is 34.6 Å². The van der Waals surface area contributed by atoms with Gasteiger partial charge in [0.15, 0.2) is 5.78 Å². The number of carbonyl (C=O) groups excluding carboxylic acids is 1. The Balaban J connectivity index is 2.08. The van der Waals surface area contributed by atoms with E-state index < -0.39 is 11.4 Å². The predicted octanol–water partition coefficient (Wildman–Crippen LogP) is 3.29. The second kappa shape index (κ2) is 5.37. The third-order valence-electron chi connectivity index (χ3n) is 3.55. The van der Waals surface area contributed by atoms with E-state index in [0.717, 1.165) is 19.3 Å². The minimum absolute atomic E-state index is 0.0101. The molecular formula is C14H16ClFO2. The third kappa shape index (κ3) is 2.90. The van der Waals surface area contributed by atoms with Gasteiger partial charge in [-0.3, -0.25) is 4.79 Å².